The number of benzene rings is 7. The summed E-state index contributed by atoms with van der Waals surface area (Å²) in [6.45, 7) is 14.2. The molecule has 0 spiro atoms. The minimum atomic E-state index is 0.0218. The summed E-state index contributed by atoms with van der Waals surface area (Å²) in [6.07, 6.45) is 4.66. The number of hydrogen-bond acceptors (Lipinski definition) is 1. The molecule has 278 valence electrons. The van der Waals surface area contributed by atoms with Crippen LogP contribution in [0.25, 0.3) is 66.8 Å². The first kappa shape index (κ1) is 35.4. The van der Waals surface area contributed by atoms with Gasteiger partial charge in [0.2, 0.25) is 0 Å². The second-order valence-corrected chi connectivity index (χ2v) is 18.2. The van der Waals surface area contributed by atoms with Crippen LogP contribution in [0.15, 0.2) is 151 Å². The van der Waals surface area contributed by atoms with Crippen LogP contribution in [0.4, 0.5) is 11.4 Å². The molecule has 2 aliphatic rings. The molecule has 1 aliphatic carbocycles. The lowest BCUT2D eigenvalue weighted by molar-refractivity contribution is 0.483. The summed E-state index contributed by atoms with van der Waals surface area (Å²) in [7, 11) is 0.868. The number of allylic oxidation sites excluding steroid dienone is 1. The molecule has 0 saturated carbocycles. The van der Waals surface area contributed by atoms with Gasteiger partial charge in [0.05, 0.1) is 0 Å². The Morgan fingerprint density at radius 1 is 0.579 bits per heavy atom. The van der Waals surface area contributed by atoms with Gasteiger partial charge >= 0.3 is 0 Å². The van der Waals surface area contributed by atoms with E-state index in [0.717, 1.165) is 31.5 Å². The van der Waals surface area contributed by atoms with Crippen LogP contribution in [-0.2, 0) is 11.8 Å². The van der Waals surface area contributed by atoms with Gasteiger partial charge in [0.25, 0.3) is 0 Å². The van der Waals surface area contributed by atoms with Crippen LogP contribution < -0.4 is 16.2 Å². The average molecular weight is 737 g/mol. The summed E-state index contributed by atoms with van der Waals surface area (Å²) in [5.41, 5.74) is 21.1. The Labute approximate surface area is 338 Å². The van der Waals surface area contributed by atoms with Gasteiger partial charge in [0.15, 0.2) is 7.28 Å². The lowest BCUT2D eigenvalue weighted by Gasteiger charge is -2.29. The van der Waals surface area contributed by atoms with Crippen LogP contribution in [0.5, 0.6) is 0 Å². The van der Waals surface area contributed by atoms with Gasteiger partial charge in [-0.2, -0.15) is 0 Å². The molecule has 3 heteroatoms. The number of nitrogens with zero attached hydrogens (tertiary/aromatic N) is 1. The van der Waals surface area contributed by atoms with Gasteiger partial charge in [-0.1, -0.05) is 168 Å². The van der Waals surface area contributed by atoms with Gasteiger partial charge in [-0.3, -0.25) is 0 Å². The Morgan fingerprint density at radius 2 is 1.25 bits per heavy atom. The van der Waals surface area contributed by atoms with Crippen LogP contribution in [0.2, 0.25) is 0 Å². The lowest BCUT2D eigenvalue weighted by Crippen LogP contribution is -2.38. The molecule has 57 heavy (non-hydrogen) atoms. The minimum absolute atomic E-state index is 0.0218. The molecule has 0 unspecified atom stereocenters. The van der Waals surface area contributed by atoms with E-state index in [1.807, 2.05) is 0 Å². The maximum absolute atomic E-state index is 3.93. The van der Waals surface area contributed by atoms with Gasteiger partial charge in [-0.15, -0.1) is 0 Å². The van der Waals surface area contributed by atoms with Crippen LogP contribution in [0, 0.1) is 5.41 Å². The third kappa shape index (κ3) is 6.12. The van der Waals surface area contributed by atoms with E-state index in [1.165, 1.54) is 88.5 Å². The summed E-state index contributed by atoms with van der Waals surface area (Å²) in [6, 6.07) is 53.9. The van der Waals surface area contributed by atoms with Crippen molar-refractivity contribution >= 4 is 57.3 Å². The Hall–Kier alpha value is -6.06. The fourth-order valence-corrected chi connectivity index (χ4v) is 9.36. The Balaban J connectivity index is 1.25. The average Bonchev–Trinajstić information content (AvgIpc) is 3.55. The lowest BCUT2D eigenvalue weighted by atomic mass is 9.58. The zero-order valence-corrected chi connectivity index (χ0v) is 34.0. The maximum Gasteiger partial charge on any atom is 0.198 e. The molecule has 1 aliphatic heterocycles. The highest BCUT2D eigenvalue weighted by molar-refractivity contribution is 6.73. The first-order chi connectivity index (χ1) is 27.5. The number of hydrogen-bond donors (Lipinski definition) is 1. The number of fused-ring (bicyclic) bond motifs is 6. The van der Waals surface area contributed by atoms with E-state index >= 15 is 0 Å². The smallest absolute Gasteiger partial charge is 0.198 e. The predicted molar refractivity (Wildman–Crippen MR) is 248 cm³/mol. The fourth-order valence-electron chi connectivity index (χ4n) is 9.36. The minimum Gasteiger partial charge on any atom is -0.355 e. The first-order valence-corrected chi connectivity index (χ1v) is 20.6. The summed E-state index contributed by atoms with van der Waals surface area (Å²) >= 11 is 0. The quantitative estimate of drug-likeness (QED) is 0.174. The molecular weight excluding hydrogens is 687 g/mol. The van der Waals surface area contributed by atoms with Gasteiger partial charge < -0.3 is 9.88 Å². The monoisotopic (exact) mass is 736 g/mol. The van der Waals surface area contributed by atoms with Crippen molar-refractivity contribution in [1.82, 2.24) is 4.57 Å². The van der Waals surface area contributed by atoms with E-state index in [2.05, 4.69) is 203 Å². The molecular formula is C54H49BN2. The highest BCUT2D eigenvalue weighted by Gasteiger charge is 2.33. The van der Waals surface area contributed by atoms with Crippen molar-refractivity contribution in [3.63, 3.8) is 0 Å². The Bertz CT molecular complexity index is 2880. The molecule has 7 aromatic carbocycles. The molecule has 0 amide bonds. The molecule has 2 heterocycles. The molecule has 0 atom stereocenters. The van der Waals surface area contributed by atoms with E-state index in [0.29, 0.717) is 0 Å². The topological polar surface area (TPSA) is 17.0 Å². The van der Waals surface area contributed by atoms with Crippen LogP contribution >= 0.6 is 0 Å². The van der Waals surface area contributed by atoms with E-state index < -0.39 is 0 Å². The molecule has 8 aromatic rings. The summed E-state index contributed by atoms with van der Waals surface area (Å²) in [5, 5.41) is 7.82. The third-order valence-electron chi connectivity index (χ3n) is 12.5. The largest absolute Gasteiger partial charge is 0.355 e. The van der Waals surface area contributed by atoms with E-state index in [4.69, 9.17) is 0 Å². The number of nitrogens with one attached hydrogen (secondary N) is 1. The SMILES string of the molecule is CC(C)(C)C1=Cc2c(n3c4c(cc(C(C)(C)C)cc24)Bc2c(-c4c(Nc5ccc(-c6ccccc6)cc5)ccc5ccccc45)cc(-c4ccccc4)cc2-3)CC1. The fraction of sp³-hybridized carbons (Fsp3) is 0.185. The first-order valence-electron chi connectivity index (χ1n) is 20.6. The molecule has 1 N–H and O–H groups in total. The van der Waals surface area contributed by atoms with E-state index in [9.17, 15) is 0 Å². The van der Waals surface area contributed by atoms with Crippen molar-refractivity contribution in [2.75, 3.05) is 5.32 Å². The number of aromatic nitrogens is 1. The van der Waals surface area contributed by atoms with Crippen molar-refractivity contribution in [3.05, 3.63) is 168 Å². The van der Waals surface area contributed by atoms with Gasteiger partial charge in [-0.25, -0.2) is 0 Å². The third-order valence-corrected chi connectivity index (χ3v) is 12.5. The molecule has 1 aromatic heterocycles. The van der Waals surface area contributed by atoms with Gasteiger partial charge in [-0.05, 0) is 110 Å². The van der Waals surface area contributed by atoms with E-state index in [-0.39, 0.29) is 10.8 Å². The number of rotatable bonds is 5. The second kappa shape index (κ2) is 13.3. The Kier molecular flexibility index (Phi) is 8.24. The van der Waals surface area contributed by atoms with Crippen molar-refractivity contribution in [3.8, 4) is 39.1 Å². The van der Waals surface area contributed by atoms with Crippen molar-refractivity contribution in [1.29, 1.82) is 0 Å². The Morgan fingerprint density at radius 3 is 1.95 bits per heavy atom. The second-order valence-electron chi connectivity index (χ2n) is 18.2. The molecule has 10 rings (SSSR count). The summed E-state index contributed by atoms with van der Waals surface area (Å²) in [4.78, 5) is 0. The summed E-state index contributed by atoms with van der Waals surface area (Å²) < 4.78 is 2.68. The van der Waals surface area contributed by atoms with Crippen LogP contribution in [0.1, 0.15) is 64.8 Å². The van der Waals surface area contributed by atoms with Crippen LogP contribution in [-0.4, -0.2) is 11.8 Å². The predicted octanol–water partition coefficient (Wildman–Crippen LogP) is 12.9. The zero-order valence-electron chi connectivity index (χ0n) is 34.0. The molecule has 0 saturated heterocycles. The van der Waals surface area contributed by atoms with Crippen LogP contribution in [0.3, 0.4) is 0 Å². The highest BCUT2D eigenvalue weighted by atomic mass is 15.0. The van der Waals surface area contributed by atoms with E-state index in [1.54, 1.807) is 5.57 Å². The molecule has 2 nitrogen and oxygen atoms in total. The van der Waals surface area contributed by atoms with Gasteiger partial charge in [0, 0.05) is 44.8 Å². The maximum atomic E-state index is 3.93. The van der Waals surface area contributed by atoms with Crippen molar-refractivity contribution in [2.45, 2.75) is 59.8 Å². The molecule has 0 bridgehead atoms. The van der Waals surface area contributed by atoms with Crippen molar-refractivity contribution in [2.24, 2.45) is 5.41 Å². The van der Waals surface area contributed by atoms with Crippen molar-refractivity contribution < 1.29 is 0 Å². The standard InChI is InChI=1S/C54H49BN2/c1-53(2,3)39-24-28-48-43(31-39)44-32-40(54(4,5)6)33-46-52(44)57(48)49-30-38(35-17-11-8-12-18-35)29-45(51(49)55-46)50-42-20-14-13-19-37(42)23-27-47(50)56-41-25-21-36(22-26-41)34-15-9-7-10-16-34/h7-23,25-27,29-33,55-56H,24,28H2,1-6H3. The summed E-state index contributed by atoms with van der Waals surface area (Å²) in [5.74, 6) is 0. The van der Waals surface area contributed by atoms with Gasteiger partial charge in [0.1, 0.15) is 0 Å². The molecule has 0 radical (unpaired) electrons. The number of anilines is 2. The zero-order chi connectivity index (χ0) is 39.1. The highest BCUT2D eigenvalue weighted by Crippen LogP contribution is 2.45. The normalized spacial score (nSPS) is 13.5. The molecule has 0 fully saturated rings.